The van der Waals surface area contributed by atoms with Crippen LogP contribution in [0.5, 0.6) is 0 Å². The van der Waals surface area contributed by atoms with Crippen LogP contribution in [0.15, 0.2) is 0 Å². The van der Waals surface area contributed by atoms with E-state index in [2.05, 4.69) is 10.6 Å². The number of nitrogens with one attached hydrogen (secondary N) is 2. The molecule has 0 aromatic heterocycles. The van der Waals surface area contributed by atoms with E-state index in [0.29, 0.717) is 31.8 Å². The van der Waals surface area contributed by atoms with Crippen LogP contribution in [0, 0.1) is 0 Å². The van der Waals surface area contributed by atoms with E-state index in [9.17, 15) is 4.79 Å². The number of amides is 1. The fraction of sp³-hybridized carbons (Fsp3) is 0.933. The molecule has 2 N–H and O–H groups in total. The number of rotatable bonds is 7. The lowest BCUT2D eigenvalue weighted by Crippen LogP contribution is -2.35. The molecular formula is C15H28N2O3. The minimum Gasteiger partial charge on any atom is -0.378 e. The molecule has 5 nitrogen and oxygen atoms in total. The molecule has 2 rings (SSSR count). The average molecular weight is 284 g/mol. The molecule has 2 heterocycles. The lowest BCUT2D eigenvalue weighted by Gasteiger charge is -2.23. The molecule has 5 heteroatoms. The third kappa shape index (κ3) is 6.20. The Bertz CT molecular complexity index is 274. The average Bonchev–Trinajstić information content (AvgIpc) is 2.52. The maximum absolute atomic E-state index is 11.7. The molecule has 0 radical (unpaired) electrons. The molecule has 2 saturated heterocycles. The van der Waals surface area contributed by atoms with Gasteiger partial charge < -0.3 is 20.1 Å². The summed E-state index contributed by atoms with van der Waals surface area (Å²) in [5.41, 5.74) is 0. The molecule has 20 heavy (non-hydrogen) atoms. The zero-order valence-electron chi connectivity index (χ0n) is 12.4. The lowest BCUT2D eigenvalue weighted by atomic mass is 10.0. The molecule has 0 aromatic carbocycles. The number of carbonyl (C=O) groups excluding carboxylic acids is 1. The van der Waals surface area contributed by atoms with Gasteiger partial charge in [0.1, 0.15) is 0 Å². The fourth-order valence-corrected chi connectivity index (χ4v) is 2.79. The molecule has 116 valence electrons. The summed E-state index contributed by atoms with van der Waals surface area (Å²) in [5, 5.41) is 6.24. The van der Waals surface area contributed by atoms with E-state index in [1.54, 1.807) is 0 Å². The van der Waals surface area contributed by atoms with Crippen molar-refractivity contribution in [2.45, 2.75) is 57.2 Å². The Labute approximate surface area is 121 Å². The number of hydrogen-bond acceptors (Lipinski definition) is 4. The first-order valence-corrected chi connectivity index (χ1v) is 8.05. The van der Waals surface area contributed by atoms with E-state index < -0.39 is 0 Å². The normalized spacial score (nSPS) is 24.5. The second-order valence-electron chi connectivity index (χ2n) is 5.70. The number of piperidine rings is 1. The molecule has 2 aliphatic rings. The molecule has 1 unspecified atom stereocenters. The summed E-state index contributed by atoms with van der Waals surface area (Å²) in [5.74, 6) is 0.119. The summed E-state index contributed by atoms with van der Waals surface area (Å²) in [6.45, 7) is 4.18. The van der Waals surface area contributed by atoms with E-state index in [4.69, 9.17) is 9.47 Å². The molecule has 0 saturated carbocycles. The van der Waals surface area contributed by atoms with Gasteiger partial charge in [-0.3, -0.25) is 4.79 Å². The van der Waals surface area contributed by atoms with Crippen LogP contribution in [0.3, 0.4) is 0 Å². The van der Waals surface area contributed by atoms with Crippen LogP contribution in [-0.2, 0) is 14.3 Å². The molecule has 0 aromatic rings. The van der Waals surface area contributed by atoms with Crippen molar-refractivity contribution in [3.63, 3.8) is 0 Å². The zero-order chi connectivity index (χ0) is 14.0. The Morgan fingerprint density at radius 2 is 2.10 bits per heavy atom. The second kappa shape index (κ2) is 9.32. The van der Waals surface area contributed by atoms with Crippen LogP contribution in [0.25, 0.3) is 0 Å². The Morgan fingerprint density at radius 1 is 1.25 bits per heavy atom. The first-order chi connectivity index (χ1) is 9.84. The second-order valence-corrected chi connectivity index (χ2v) is 5.70. The summed E-state index contributed by atoms with van der Waals surface area (Å²) < 4.78 is 11.4. The SMILES string of the molecule is O=C(CCC1CCCCO1)NCCOC1CCNCC1. The van der Waals surface area contributed by atoms with Crippen LogP contribution in [-0.4, -0.2) is 51.0 Å². The van der Waals surface area contributed by atoms with Crippen molar-refractivity contribution in [3.05, 3.63) is 0 Å². The van der Waals surface area contributed by atoms with Gasteiger partial charge in [-0.05, 0) is 51.6 Å². The van der Waals surface area contributed by atoms with Gasteiger partial charge in [-0.1, -0.05) is 0 Å². The lowest BCUT2D eigenvalue weighted by molar-refractivity contribution is -0.122. The van der Waals surface area contributed by atoms with E-state index in [0.717, 1.165) is 51.8 Å². The molecule has 1 amide bonds. The van der Waals surface area contributed by atoms with Crippen LogP contribution >= 0.6 is 0 Å². The summed E-state index contributed by atoms with van der Waals surface area (Å²) in [6.07, 6.45) is 7.72. The van der Waals surface area contributed by atoms with Crippen molar-refractivity contribution in [3.8, 4) is 0 Å². The molecular weight excluding hydrogens is 256 g/mol. The van der Waals surface area contributed by atoms with Crippen molar-refractivity contribution < 1.29 is 14.3 Å². The summed E-state index contributed by atoms with van der Waals surface area (Å²) in [7, 11) is 0. The number of ether oxygens (including phenoxy) is 2. The standard InChI is InChI=1S/C15H28N2O3/c18-15(5-4-13-3-1-2-11-19-13)17-10-12-20-14-6-8-16-9-7-14/h13-14,16H,1-12H2,(H,17,18). The highest BCUT2D eigenvalue weighted by Gasteiger charge is 2.15. The quantitative estimate of drug-likeness (QED) is 0.690. The molecule has 0 aliphatic carbocycles. The van der Waals surface area contributed by atoms with Gasteiger partial charge in [-0.25, -0.2) is 0 Å². The predicted octanol–water partition coefficient (Wildman–Crippen LogP) is 1.22. The number of carbonyl (C=O) groups is 1. The predicted molar refractivity (Wildman–Crippen MR) is 77.7 cm³/mol. The van der Waals surface area contributed by atoms with Gasteiger partial charge in [-0.15, -0.1) is 0 Å². The van der Waals surface area contributed by atoms with Gasteiger partial charge >= 0.3 is 0 Å². The van der Waals surface area contributed by atoms with Gasteiger partial charge in [0.25, 0.3) is 0 Å². The monoisotopic (exact) mass is 284 g/mol. The first kappa shape index (κ1) is 15.7. The highest BCUT2D eigenvalue weighted by atomic mass is 16.5. The Balaban J connectivity index is 1.45. The van der Waals surface area contributed by atoms with Crippen molar-refractivity contribution in [1.29, 1.82) is 0 Å². The van der Waals surface area contributed by atoms with Crippen molar-refractivity contribution >= 4 is 5.91 Å². The van der Waals surface area contributed by atoms with E-state index in [1.807, 2.05) is 0 Å². The smallest absolute Gasteiger partial charge is 0.220 e. The van der Waals surface area contributed by atoms with Crippen molar-refractivity contribution in [2.24, 2.45) is 0 Å². The summed E-state index contributed by atoms with van der Waals surface area (Å²) in [4.78, 5) is 11.7. The Morgan fingerprint density at radius 3 is 2.85 bits per heavy atom. The van der Waals surface area contributed by atoms with E-state index >= 15 is 0 Å². The first-order valence-electron chi connectivity index (χ1n) is 8.05. The highest BCUT2D eigenvalue weighted by molar-refractivity contribution is 5.75. The Hall–Kier alpha value is -0.650. The van der Waals surface area contributed by atoms with Crippen molar-refractivity contribution in [2.75, 3.05) is 32.8 Å². The van der Waals surface area contributed by atoms with Crippen LogP contribution < -0.4 is 10.6 Å². The number of hydrogen-bond donors (Lipinski definition) is 2. The van der Waals surface area contributed by atoms with Gasteiger partial charge in [-0.2, -0.15) is 0 Å². The zero-order valence-corrected chi connectivity index (χ0v) is 12.4. The molecule has 1 atom stereocenters. The summed E-state index contributed by atoms with van der Waals surface area (Å²) >= 11 is 0. The third-order valence-electron chi connectivity index (χ3n) is 4.03. The summed E-state index contributed by atoms with van der Waals surface area (Å²) in [6, 6.07) is 0. The highest BCUT2D eigenvalue weighted by Crippen LogP contribution is 2.16. The molecule has 0 bridgehead atoms. The van der Waals surface area contributed by atoms with Gasteiger partial charge in [0.05, 0.1) is 18.8 Å². The van der Waals surface area contributed by atoms with Gasteiger partial charge in [0.2, 0.25) is 5.91 Å². The molecule has 2 aliphatic heterocycles. The minimum atomic E-state index is 0.119. The van der Waals surface area contributed by atoms with Crippen LogP contribution in [0.1, 0.15) is 44.9 Å². The fourth-order valence-electron chi connectivity index (χ4n) is 2.79. The van der Waals surface area contributed by atoms with Gasteiger partial charge in [0.15, 0.2) is 0 Å². The topological polar surface area (TPSA) is 59.6 Å². The molecule has 0 spiro atoms. The van der Waals surface area contributed by atoms with Crippen molar-refractivity contribution in [1.82, 2.24) is 10.6 Å². The molecule has 2 fully saturated rings. The van der Waals surface area contributed by atoms with Crippen LogP contribution in [0.4, 0.5) is 0 Å². The van der Waals surface area contributed by atoms with E-state index in [-0.39, 0.29) is 5.91 Å². The van der Waals surface area contributed by atoms with Crippen LogP contribution in [0.2, 0.25) is 0 Å². The maximum Gasteiger partial charge on any atom is 0.220 e. The van der Waals surface area contributed by atoms with E-state index in [1.165, 1.54) is 6.42 Å². The largest absolute Gasteiger partial charge is 0.378 e. The van der Waals surface area contributed by atoms with Gasteiger partial charge in [0, 0.05) is 19.6 Å². The Kier molecular flexibility index (Phi) is 7.33. The minimum absolute atomic E-state index is 0.119. The maximum atomic E-state index is 11.7. The third-order valence-corrected chi connectivity index (χ3v) is 4.03.